The number of thiophene rings is 1. The van der Waals surface area contributed by atoms with E-state index in [1.54, 1.807) is 18.2 Å². The van der Waals surface area contributed by atoms with Crippen LogP contribution in [0.2, 0.25) is 0 Å². The molecular formula is C15H16N2O4S. The third-order valence-corrected chi connectivity index (χ3v) is 3.95. The van der Waals surface area contributed by atoms with Crippen LogP contribution >= 0.6 is 11.3 Å². The van der Waals surface area contributed by atoms with Crippen LogP contribution in [-0.4, -0.2) is 30.9 Å². The molecule has 2 amide bonds. The lowest BCUT2D eigenvalue weighted by Gasteiger charge is -2.20. The van der Waals surface area contributed by atoms with Gasteiger partial charge in [0, 0.05) is 6.54 Å². The molecule has 0 unspecified atom stereocenters. The first-order valence-corrected chi connectivity index (χ1v) is 7.76. The SMILES string of the molecule is O=C(NC[C@@H](O)c1ccc2c(c1)OCCO2)Nc1cccs1. The number of aliphatic hydroxyl groups excluding tert-OH is 1. The molecule has 22 heavy (non-hydrogen) atoms. The van der Waals surface area contributed by atoms with Crippen LogP contribution in [0.15, 0.2) is 35.7 Å². The van der Waals surface area contributed by atoms with E-state index in [0.717, 1.165) is 5.00 Å². The number of carbonyl (C=O) groups excluding carboxylic acids is 1. The Kier molecular flexibility index (Phi) is 4.45. The summed E-state index contributed by atoms with van der Waals surface area (Å²) in [6, 6.07) is 8.57. The molecule has 0 fully saturated rings. The van der Waals surface area contributed by atoms with E-state index in [4.69, 9.17) is 9.47 Å². The van der Waals surface area contributed by atoms with E-state index in [-0.39, 0.29) is 12.6 Å². The largest absolute Gasteiger partial charge is 0.486 e. The monoisotopic (exact) mass is 320 g/mol. The van der Waals surface area contributed by atoms with Gasteiger partial charge in [-0.25, -0.2) is 4.79 Å². The van der Waals surface area contributed by atoms with E-state index >= 15 is 0 Å². The lowest BCUT2D eigenvalue weighted by atomic mass is 10.1. The van der Waals surface area contributed by atoms with Crippen molar-refractivity contribution in [2.75, 3.05) is 25.1 Å². The van der Waals surface area contributed by atoms with Crippen molar-refractivity contribution >= 4 is 22.4 Å². The molecule has 3 rings (SSSR count). The fourth-order valence-electron chi connectivity index (χ4n) is 2.08. The highest BCUT2D eigenvalue weighted by atomic mass is 32.1. The Morgan fingerprint density at radius 2 is 2.09 bits per heavy atom. The fourth-order valence-corrected chi connectivity index (χ4v) is 2.69. The maximum Gasteiger partial charge on any atom is 0.319 e. The Morgan fingerprint density at radius 3 is 2.86 bits per heavy atom. The zero-order valence-corrected chi connectivity index (χ0v) is 12.6. The Bertz CT molecular complexity index is 645. The van der Waals surface area contributed by atoms with E-state index in [1.165, 1.54) is 11.3 Å². The molecule has 6 nitrogen and oxygen atoms in total. The summed E-state index contributed by atoms with van der Waals surface area (Å²) >= 11 is 1.43. The van der Waals surface area contributed by atoms with Gasteiger partial charge in [-0.2, -0.15) is 0 Å². The van der Waals surface area contributed by atoms with Crippen molar-refractivity contribution in [1.82, 2.24) is 5.32 Å². The maximum atomic E-state index is 11.7. The molecule has 1 aliphatic rings. The number of hydrogen-bond acceptors (Lipinski definition) is 5. The maximum absolute atomic E-state index is 11.7. The number of rotatable bonds is 4. The van der Waals surface area contributed by atoms with E-state index in [9.17, 15) is 9.90 Å². The minimum atomic E-state index is -0.815. The van der Waals surface area contributed by atoms with Gasteiger partial charge in [0.2, 0.25) is 0 Å². The van der Waals surface area contributed by atoms with Gasteiger partial charge in [0.15, 0.2) is 11.5 Å². The molecule has 3 N–H and O–H groups in total. The predicted molar refractivity (Wildman–Crippen MR) is 83.7 cm³/mol. The minimum Gasteiger partial charge on any atom is -0.486 e. The van der Waals surface area contributed by atoms with Crippen molar-refractivity contribution in [2.45, 2.75) is 6.10 Å². The summed E-state index contributed by atoms with van der Waals surface area (Å²) in [5.74, 6) is 1.29. The summed E-state index contributed by atoms with van der Waals surface area (Å²) in [6.45, 7) is 1.13. The van der Waals surface area contributed by atoms with Crippen molar-refractivity contribution in [3.05, 3.63) is 41.3 Å². The molecule has 1 aromatic heterocycles. The van der Waals surface area contributed by atoms with Gasteiger partial charge in [0.05, 0.1) is 11.1 Å². The third kappa shape index (κ3) is 3.49. The number of aliphatic hydroxyl groups is 1. The first kappa shape index (κ1) is 14.7. The summed E-state index contributed by atoms with van der Waals surface area (Å²) in [5.41, 5.74) is 0.667. The highest BCUT2D eigenvalue weighted by Gasteiger charge is 2.16. The zero-order chi connectivity index (χ0) is 15.4. The number of anilines is 1. The summed E-state index contributed by atoms with van der Waals surface area (Å²) in [6.07, 6.45) is -0.815. The first-order valence-electron chi connectivity index (χ1n) is 6.88. The van der Waals surface area contributed by atoms with Gasteiger partial charge in [0.1, 0.15) is 13.2 Å². The van der Waals surface area contributed by atoms with Crippen LogP contribution in [0.4, 0.5) is 9.80 Å². The van der Waals surface area contributed by atoms with Crippen molar-refractivity contribution < 1.29 is 19.4 Å². The Hall–Kier alpha value is -2.25. The standard InChI is InChI=1S/C15H16N2O4S/c18-11(9-16-15(19)17-14-2-1-7-22-14)10-3-4-12-13(8-10)21-6-5-20-12/h1-4,7-8,11,18H,5-6,9H2,(H2,16,17,19)/t11-/m1/s1. The second-order valence-corrected chi connectivity index (χ2v) is 5.68. The van der Waals surface area contributed by atoms with Gasteiger partial charge in [-0.15, -0.1) is 11.3 Å². The molecule has 1 atom stereocenters. The Morgan fingerprint density at radius 1 is 1.27 bits per heavy atom. The number of carbonyl (C=O) groups is 1. The van der Waals surface area contributed by atoms with Crippen LogP contribution in [-0.2, 0) is 0 Å². The second kappa shape index (κ2) is 6.67. The Balaban J connectivity index is 1.55. The molecule has 1 aromatic carbocycles. The van der Waals surface area contributed by atoms with Gasteiger partial charge in [-0.1, -0.05) is 6.07 Å². The van der Waals surface area contributed by atoms with Gasteiger partial charge >= 0.3 is 6.03 Å². The van der Waals surface area contributed by atoms with Crippen molar-refractivity contribution in [1.29, 1.82) is 0 Å². The molecule has 1 aliphatic heterocycles. The van der Waals surface area contributed by atoms with E-state index in [0.29, 0.717) is 30.3 Å². The third-order valence-electron chi connectivity index (χ3n) is 3.16. The molecule has 0 spiro atoms. The highest BCUT2D eigenvalue weighted by molar-refractivity contribution is 7.14. The summed E-state index contributed by atoms with van der Waals surface area (Å²) in [4.78, 5) is 11.7. The number of hydrogen-bond donors (Lipinski definition) is 3. The first-order chi connectivity index (χ1) is 10.7. The Labute approximate surface area is 131 Å². The average molecular weight is 320 g/mol. The van der Waals surface area contributed by atoms with Crippen molar-refractivity contribution in [3.8, 4) is 11.5 Å². The molecule has 0 saturated carbocycles. The molecule has 116 valence electrons. The van der Waals surface area contributed by atoms with Crippen molar-refractivity contribution in [2.24, 2.45) is 0 Å². The average Bonchev–Trinajstić information content (AvgIpc) is 3.05. The fraction of sp³-hybridized carbons (Fsp3) is 0.267. The summed E-state index contributed by atoms with van der Waals surface area (Å²) < 4.78 is 10.9. The second-order valence-electron chi connectivity index (χ2n) is 4.73. The van der Waals surface area contributed by atoms with Crippen LogP contribution in [0, 0.1) is 0 Å². The smallest absolute Gasteiger partial charge is 0.319 e. The number of fused-ring (bicyclic) bond motifs is 1. The molecule has 0 bridgehead atoms. The lowest BCUT2D eigenvalue weighted by Crippen LogP contribution is -2.32. The van der Waals surface area contributed by atoms with Crippen LogP contribution in [0.5, 0.6) is 11.5 Å². The predicted octanol–water partition coefficient (Wildman–Crippen LogP) is 2.37. The molecular weight excluding hydrogens is 304 g/mol. The van der Waals surface area contributed by atoms with Gasteiger partial charge in [-0.05, 0) is 35.2 Å². The number of nitrogens with one attached hydrogen (secondary N) is 2. The molecule has 0 radical (unpaired) electrons. The van der Waals surface area contributed by atoms with Crippen LogP contribution < -0.4 is 20.1 Å². The summed E-state index contributed by atoms with van der Waals surface area (Å²) in [5, 5.41) is 18.1. The molecule has 7 heteroatoms. The van der Waals surface area contributed by atoms with Crippen LogP contribution in [0.1, 0.15) is 11.7 Å². The number of amides is 2. The normalized spacial score (nSPS) is 14.2. The quantitative estimate of drug-likeness (QED) is 0.808. The van der Waals surface area contributed by atoms with Gasteiger partial charge in [-0.3, -0.25) is 5.32 Å². The van der Waals surface area contributed by atoms with E-state index in [1.807, 2.05) is 17.5 Å². The zero-order valence-electron chi connectivity index (χ0n) is 11.7. The summed E-state index contributed by atoms with van der Waals surface area (Å²) in [7, 11) is 0. The minimum absolute atomic E-state index is 0.108. The van der Waals surface area contributed by atoms with Crippen LogP contribution in [0.3, 0.4) is 0 Å². The molecule has 0 aliphatic carbocycles. The van der Waals surface area contributed by atoms with Gasteiger partial charge < -0.3 is 19.9 Å². The van der Waals surface area contributed by atoms with Crippen LogP contribution in [0.25, 0.3) is 0 Å². The molecule has 2 aromatic rings. The molecule has 2 heterocycles. The van der Waals surface area contributed by atoms with Gasteiger partial charge in [0.25, 0.3) is 0 Å². The van der Waals surface area contributed by atoms with E-state index in [2.05, 4.69) is 10.6 Å². The van der Waals surface area contributed by atoms with Crippen molar-refractivity contribution in [3.63, 3.8) is 0 Å². The number of benzene rings is 1. The molecule has 0 saturated heterocycles. The van der Waals surface area contributed by atoms with E-state index < -0.39 is 6.10 Å². The topological polar surface area (TPSA) is 79.8 Å². The highest BCUT2D eigenvalue weighted by Crippen LogP contribution is 2.32. The number of ether oxygens (including phenoxy) is 2. The lowest BCUT2D eigenvalue weighted by molar-refractivity contribution is 0.163. The number of urea groups is 1.